The van der Waals surface area contributed by atoms with Gasteiger partial charge in [0.1, 0.15) is 12.0 Å². The predicted octanol–water partition coefficient (Wildman–Crippen LogP) is 4.71. The number of carbonyl (C=O) groups excluding carboxylic acids is 1. The standard InChI is InChI=1S/C28H39N7O/c1-17(2)24-25(21-12-18(3)27-29-16-30-35(27)15-21)32-33-26(24)28(36)31-22-8-10-23(11-9-22)34(13-19-4-5-19)14-20-6-7-20/h12,15-17,19-20,22-23H,4-11,13-14H2,1-3H3,(H,31,36)(H,32,33). The summed E-state index contributed by atoms with van der Waals surface area (Å²) in [7, 11) is 0. The first kappa shape index (κ1) is 23.6. The van der Waals surface area contributed by atoms with Gasteiger partial charge in [-0.2, -0.15) is 10.2 Å². The summed E-state index contributed by atoms with van der Waals surface area (Å²) < 4.78 is 1.78. The molecule has 3 heterocycles. The molecule has 0 bridgehead atoms. The Morgan fingerprint density at radius 3 is 2.44 bits per heavy atom. The molecule has 1 amide bonds. The summed E-state index contributed by atoms with van der Waals surface area (Å²) in [5, 5.41) is 15.3. The van der Waals surface area contributed by atoms with Gasteiger partial charge in [0.2, 0.25) is 0 Å². The topological polar surface area (TPSA) is 91.2 Å². The summed E-state index contributed by atoms with van der Waals surface area (Å²) >= 11 is 0. The second kappa shape index (κ2) is 9.61. The lowest BCUT2D eigenvalue weighted by Gasteiger charge is -2.37. The fourth-order valence-electron chi connectivity index (χ4n) is 6.01. The van der Waals surface area contributed by atoms with Crippen LogP contribution in [0.25, 0.3) is 16.9 Å². The molecule has 3 aromatic rings. The van der Waals surface area contributed by atoms with E-state index in [1.807, 2.05) is 13.1 Å². The second-order valence-corrected chi connectivity index (χ2v) is 11.8. The first-order valence-electron chi connectivity index (χ1n) is 13.9. The number of carbonyl (C=O) groups is 1. The van der Waals surface area contributed by atoms with Crippen LogP contribution in [0.2, 0.25) is 0 Å². The fourth-order valence-corrected chi connectivity index (χ4v) is 6.01. The van der Waals surface area contributed by atoms with Crippen molar-refractivity contribution in [3.63, 3.8) is 0 Å². The van der Waals surface area contributed by atoms with E-state index in [2.05, 4.69) is 50.4 Å². The molecule has 0 atom stereocenters. The maximum absolute atomic E-state index is 13.4. The maximum atomic E-state index is 13.4. The van der Waals surface area contributed by atoms with Gasteiger partial charge in [-0.25, -0.2) is 9.50 Å². The van der Waals surface area contributed by atoms with Crippen molar-refractivity contribution in [1.82, 2.24) is 35.0 Å². The molecular weight excluding hydrogens is 450 g/mol. The van der Waals surface area contributed by atoms with Crippen molar-refractivity contribution in [2.45, 2.75) is 90.1 Å². The van der Waals surface area contributed by atoms with Gasteiger partial charge in [-0.3, -0.25) is 14.8 Å². The normalized spacial score (nSPS) is 22.6. The van der Waals surface area contributed by atoms with E-state index >= 15 is 0 Å². The number of aromatic nitrogens is 5. The van der Waals surface area contributed by atoms with E-state index in [0.29, 0.717) is 11.7 Å². The maximum Gasteiger partial charge on any atom is 0.269 e. The van der Waals surface area contributed by atoms with E-state index in [-0.39, 0.29) is 17.9 Å². The van der Waals surface area contributed by atoms with Gasteiger partial charge in [0, 0.05) is 42.5 Å². The summed E-state index contributed by atoms with van der Waals surface area (Å²) in [5.41, 5.74) is 5.17. The van der Waals surface area contributed by atoms with Crippen molar-refractivity contribution < 1.29 is 4.79 Å². The summed E-state index contributed by atoms with van der Waals surface area (Å²) in [5.74, 6) is 2.01. The number of nitrogens with one attached hydrogen (secondary N) is 2. The van der Waals surface area contributed by atoms with Crippen LogP contribution < -0.4 is 5.32 Å². The van der Waals surface area contributed by atoms with Crippen LogP contribution in [0.15, 0.2) is 18.6 Å². The highest BCUT2D eigenvalue weighted by atomic mass is 16.2. The average molecular weight is 490 g/mol. The molecule has 36 heavy (non-hydrogen) atoms. The zero-order valence-corrected chi connectivity index (χ0v) is 21.8. The summed E-state index contributed by atoms with van der Waals surface area (Å²) in [4.78, 5) is 20.5. The monoisotopic (exact) mass is 489 g/mol. The zero-order valence-electron chi connectivity index (χ0n) is 21.8. The molecule has 3 fully saturated rings. The van der Waals surface area contributed by atoms with E-state index in [1.165, 1.54) is 51.6 Å². The van der Waals surface area contributed by atoms with Crippen LogP contribution in [-0.4, -0.2) is 60.8 Å². The van der Waals surface area contributed by atoms with Gasteiger partial charge in [0.15, 0.2) is 5.65 Å². The molecule has 8 heteroatoms. The van der Waals surface area contributed by atoms with E-state index < -0.39 is 0 Å². The number of rotatable bonds is 9. The third kappa shape index (κ3) is 4.92. The minimum atomic E-state index is -0.0349. The van der Waals surface area contributed by atoms with E-state index in [9.17, 15) is 4.79 Å². The number of H-pyrrole nitrogens is 1. The largest absolute Gasteiger partial charge is 0.348 e. The Morgan fingerprint density at radius 1 is 1.11 bits per heavy atom. The van der Waals surface area contributed by atoms with Gasteiger partial charge in [-0.15, -0.1) is 0 Å². The Bertz CT molecular complexity index is 1210. The molecule has 192 valence electrons. The number of pyridine rings is 1. The molecule has 0 unspecified atom stereocenters. The number of hydrogen-bond donors (Lipinski definition) is 2. The Balaban J connectivity index is 1.14. The van der Waals surface area contributed by atoms with Crippen molar-refractivity contribution in [3.8, 4) is 11.3 Å². The van der Waals surface area contributed by atoms with Crippen LogP contribution in [0, 0.1) is 18.8 Å². The van der Waals surface area contributed by atoms with Crippen molar-refractivity contribution in [3.05, 3.63) is 35.4 Å². The minimum Gasteiger partial charge on any atom is -0.348 e. The SMILES string of the molecule is Cc1cc(-c2n[nH]c(C(=O)NC3CCC(N(CC4CC4)CC4CC4)CC3)c2C(C)C)cn2ncnc12. The van der Waals surface area contributed by atoms with Crippen LogP contribution in [0.4, 0.5) is 0 Å². The molecule has 0 aromatic carbocycles. The molecule has 8 nitrogen and oxygen atoms in total. The van der Waals surface area contributed by atoms with Crippen LogP contribution in [0.1, 0.15) is 92.7 Å². The van der Waals surface area contributed by atoms with E-state index in [4.69, 9.17) is 0 Å². The smallest absolute Gasteiger partial charge is 0.269 e. The highest BCUT2D eigenvalue weighted by Gasteiger charge is 2.35. The van der Waals surface area contributed by atoms with Gasteiger partial charge >= 0.3 is 0 Å². The van der Waals surface area contributed by atoms with Crippen molar-refractivity contribution >= 4 is 11.6 Å². The molecule has 3 aliphatic rings. The van der Waals surface area contributed by atoms with Crippen molar-refractivity contribution in [2.24, 2.45) is 11.8 Å². The Morgan fingerprint density at radius 2 is 1.81 bits per heavy atom. The van der Waals surface area contributed by atoms with Crippen LogP contribution in [-0.2, 0) is 0 Å². The van der Waals surface area contributed by atoms with E-state index in [0.717, 1.165) is 52.7 Å². The average Bonchev–Trinajstić information content (AvgIpc) is 3.76. The lowest BCUT2D eigenvalue weighted by molar-refractivity contribution is 0.0890. The molecular formula is C28H39N7O. The lowest BCUT2D eigenvalue weighted by atomic mass is 9.89. The third-order valence-corrected chi connectivity index (χ3v) is 8.37. The summed E-state index contributed by atoms with van der Waals surface area (Å²) in [6.07, 6.45) is 13.7. The number of hydrogen-bond acceptors (Lipinski definition) is 5. The van der Waals surface area contributed by atoms with Gasteiger partial charge in [-0.05, 0) is 87.7 Å². The molecule has 0 spiro atoms. The molecule has 3 saturated carbocycles. The molecule has 3 aromatic heterocycles. The fraction of sp³-hybridized carbons (Fsp3) is 0.643. The van der Waals surface area contributed by atoms with Crippen molar-refractivity contribution in [2.75, 3.05) is 13.1 Å². The summed E-state index contributed by atoms with van der Waals surface area (Å²) in [6.45, 7) is 8.85. The molecule has 6 rings (SSSR count). The molecule has 0 radical (unpaired) electrons. The predicted molar refractivity (Wildman–Crippen MR) is 140 cm³/mol. The van der Waals surface area contributed by atoms with E-state index in [1.54, 1.807) is 10.8 Å². The quantitative estimate of drug-likeness (QED) is 0.454. The third-order valence-electron chi connectivity index (χ3n) is 8.37. The number of aromatic amines is 1. The number of aryl methyl sites for hydroxylation is 1. The minimum absolute atomic E-state index is 0.0349. The Labute approximate surface area is 213 Å². The van der Waals surface area contributed by atoms with Gasteiger partial charge < -0.3 is 5.32 Å². The highest BCUT2D eigenvalue weighted by Crippen LogP contribution is 2.37. The van der Waals surface area contributed by atoms with Crippen LogP contribution >= 0.6 is 0 Å². The molecule has 0 saturated heterocycles. The van der Waals surface area contributed by atoms with Gasteiger partial charge in [0.25, 0.3) is 5.91 Å². The molecule has 2 N–H and O–H groups in total. The summed E-state index contributed by atoms with van der Waals surface area (Å²) in [6, 6.07) is 3.00. The van der Waals surface area contributed by atoms with Gasteiger partial charge in [-0.1, -0.05) is 13.8 Å². The second-order valence-electron chi connectivity index (χ2n) is 11.8. The first-order valence-corrected chi connectivity index (χ1v) is 13.9. The number of nitrogens with zero attached hydrogens (tertiary/aromatic N) is 5. The zero-order chi connectivity index (χ0) is 24.8. The molecule has 0 aliphatic heterocycles. The Kier molecular flexibility index (Phi) is 6.32. The first-order chi connectivity index (χ1) is 17.5. The number of amides is 1. The molecule has 3 aliphatic carbocycles. The van der Waals surface area contributed by atoms with Crippen LogP contribution in [0.3, 0.4) is 0 Å². The number of fused-ring (bicyclic) bond motifs is 1. The van der Waals surface area contributed by atoms with Gasteiger partial charge in [0.05, 0.1) is 5.69 Å². The van der Waals surface area contributed by atoms with Crippen molar-refractivity contribution in [1.29, 1.82) is 0 Å². The highest BCUT2D eigenvalue weighted by molar-refractivity contribution is 5.96. The Hall–Kier alpha value is -2.74. The van der Waals surface area contributed by atoms with Crippen LogP contribution in [0.5, 0.6) is 0 Å². The lowest BCUT2D eigenvalue weighted by Crippen LogP contribution is -2.45.